The molecule has 0 unspecified atom stereocenters. The van der Waals surface area contributed by atoms with Gasteiger partial charge in [-0.3, -0.25) is 14.9 Å². The summed E-state index contributed by atoms with van der Waals surface area (Å²) in [6, 6.07) is 11.7. The molecule has 0 saturated carbocycles. The fourth-order valence-corrected chi connectivity index (χ4v) is 3.28. The van der Waals surface area contributed by atoms with Gasteiger partial charge < -0.3 is 14.4 Å². The lowest BCUT2D eigenvalue weighted by molar-refractivity contribution is -0.385. The third-order valence-corrected chi connectivity index (χ3v) is 4.77. The Kier molecular flexibility index (Phi) is 6.11. The Morgan fingerprint density at radius 2 is 1.93 bits per heavy atom. The number of carbonyl (C=O) groups is 2. The number of fused-ring (bicyclic) bond motifs is 1. The zero-order valence-electron chi connectivity index (χ0n) is 16.3. The minimum Gasteiger partial charge on any atom is -0.487 e. The average Bonchev–Trinajstić information content (AvgIpc) is 2.73. The highest BCUT2D eigenvalue weighted by Gasteiger charge is 2.28. The van der Waals surface area contributed by atoms with Crippen molar-refractivity contribution in [2.45, 2.75) is 32.9 Å². The van der Waals surface area contributed by atoms with Crippen molar-refractivity contribution in [1.29, 1.82) is 0 Å². The number of ether oxygens (including phenoxy) is 2. The molecule has 152 valence electrons. The lowest BCUT2D eigenvalue weighted by atomic mass is 9.99. The van der Waals surface area contributed by atoms with Crippen LogP contribution in [-0.4, -0.2) is 41.0 Å². The van der Waals surface area contributed by atoms with Gasteiger partial charge in [0.1, 0.15) is 0 Å². The molecular formula is C21H22N2O6. The van der Waals surface area contributed by atoms with Crippen LogP contribution in [0.25, 0.3) is 0 Å². The van der Waals surface area contributed by atoms with Gasteiger partial charge in [0.05, 0.1) is 17.1 Å². The molecule has 0 radical (unpaired) electrons. The Bertz CT molecular complexity index is 943. The molecule has 1 aliphatic heterocycles. The molecule has 0 spiro atoms. The van der Waals surface area contributed by atoms with E-state index in [-0.39, 0.29) is 29.5 Å². The first-order valence-corrected chi connectivity index (χ1v) is 9.38. The third-order valence-electron chi connectivity index (χ3n) is 4.77. The second-order valence-electron chi connectivity index (χ2n) is 6.70. The number of hydrogen-bond donors (Lipinski definition) is 0. The molecular weight excluding hydrogens is 376 g/mol. The van der Waals surface area contributed by atoms with Crippen LogP contribution in [0.3, 0.4) is 0 Å². The van der Waals surface area contributed by atoms with Gasteiger partial charge >= 0.3 is 11.7 Å². The Morgan fingerprint density at radius 3 is 2.62 bits per heavy atom. The lowest BCUT2D eigenvalue weighted by Crippen LogP contribution is -2.42. The summed E-state index contributed by atoms with van der Waals surface area (Å²) in [6.07, 6.45) is -0.258. The van der Waals surface area contributed by atoms with E-state index in [9.17, 15) is 19.7 Å². The summed E-state index contributed by atoms with van der Waals surface area (Å²) in [5, 5.41) is 11.2. The molecule has 2 aromatic rings. The number of esters is 1. The van der Waals surface area contributed by atoms with E-state index < -0.39 is 17.0 Å². The topological polar surface area (TPSA) is 99.0 Å². The minimum absolute atomic E-state index is 0.0104. The van der Waals surface area contributed by atoms with E-state index in [2.05, 4.69) is 0 Å². The number of nitrogens with zero attached hydrogens (tertiary/aromatic N) is 2. The van der Waals surface area contributed by atoms with Gasteiger partial charge in [-0.05, 0) is 43.5 Å². The number of amides is 1. The molecule has 0 fully saturated rings. The van der Waals surface area contributed by atoms with Crippen LogP contribution in [-0.2, 0) is 22.5 Å². The molecule has 0 N–H and O–H groups in total. The molecule has 2 aromatic carbocycles. The van der Waals surface area contributed by atoms with Crippen molar-refractivity contribution in [1.82, 2.24) is 4.90 Å². The summed E-state index contributed by atoms with van der Waals surface area (Å²) in [4.78, 5) is 37.4. The van der Waals surface area contributed by atoms with Crippen molar-refractivity contribution in [2.24, 2.45) is 0 Å². The summed E-state index contributed by atoms with van der Waals surface area (Å²) in [6.45, 7) is 4.48. The number of rotatable bonds is 6. The molecule has 8 heteroatoms. The monoisotopic (exact) mass is 398 g/mol. The number of nitro groups is 1. The van der Waals surface area contributed by atoms with Gasteiger partial charge in [-0.25, -0.2) is 4.79 Å². The van der Waals surface area contributed by atoms with Crippen LogP contribution in [0, 0.1) is 10.1 Å². The molecule has 29 heavy (non-hydrogen) atoms. The quantitative estimate of drug-likeness (QED) is 0.421. The second kappa shape index (κ2) is 8.72. The molecule has 1 aliphatic rings. The van der Waals surface area contributed by atoms with Crippen molar-refractivity contribution in [2.75, 3.05) is 13.2 Å². The zero-order valence-corrected chi connectivity index (χ0v) is 16.3. The van der Waals surface area contributed by atoms with Crippen LogP contribution >= 0.6 is 0 Å². The van der Waals surface area contributed by atoms with Gasteiger partial charge in [0.25, 0.3) is 5.91 Å². The predicted molar refractivity (Wildman–Crippen MR) is 105 cm³/mol. The van der Waals surface area contributed by atoms with E-state index in [1.807, 2.05) is 24.3 Å². The van der Waals surface area contributed by atoms with Crippen LogP contribution in [0.5, 0.6) is 5.75 Å². The van der Waals surface area contributed by atoms with Crippen LogP contribution in [0.1, 0.15) is 35.3 Å². The minimum atomic E-state index is -1.00. The summed E-state index contributed by atoms with van der Waals surface area (Å²) >= 11 is 0. The van der Waals surface area contributed by atoms with E-state index in [1.165, 1.54) is 24.6 Å². The highest BCUT2D eigenvalue weighted by molar-refractivity contribution is 5.93. The number of nitro benzene ring substituents is 1. The SMILES string of the molecule is CCOc1ccc(C(=O)O[C@@H](C)C(=O)N2CCc3ccccc3C2)cc1[N+](=O)[O-]. The number of benzene rings is 2. The second-order valence-corrected chi connectivity index (χ2v) is 6.70. The average molecular weight is 398 g/mol. The molecule has 8 nitrogen and oxygen atoms in total. The van der Waals surface area contributed by atoms with Gasteiger partial charge in [0.15, 0.2) is 11.9 Å². The van der Waals surface area contributed by atoms with Gasteiger partial charge in [-0.15, -0.1) is 0 Å². The van der Waals surface area contributed by atoms with Crippen molar-refractivity contribution in [3.63, 3.8) is 0 Å². The summed E-state index contributed by atoms with van der Waals surface area (Å²) in [7, 11) is 0. The molecule has 1 heterocycles. The predicted octanol–water partition coefficient (Wildman–Crippen LogP) is 3.12. The van der Waals surface area contributed by atoms with Crippen LogP contribution in [0.4, 0.5) is 5.69 Å². The summed E-state index contributed by atoms with van der Waals surface area (Å²) in [5.41, 5.74) is 1.95. The normalized spacial score (nSPS) is 13.9. The number of hydrogen-bond acceptors (Lipinski definition) is 6. The molecule has 1 atom stereocenters. The summed E-state index contributed by atoms with van der Waals surface area (Å²) in [5.74, 6) is -1.02. The Labute approximate surface area is 168 Å². The largest absolute Gasteiger partial charge is 0.487 e. The highest BCUT2D eigenvalue weighted by Crippen LogP contribution is 2.28. The Morgan fingerprint density at radius 1 is 1.21 bits per heavy atom. The van der Waals surface area contributed by atoms with Crippen molar-refractivity contribution < 1.29 is 24.0 Å². The van der Waals surface area contributed by atoms with Gasteiger partial charge in [0.2, 0.25) is 0 Å². The van der Waals surface area contributed by atoms with Crippen LogP contribution in [0.2, 0.25) is 0 Å². The maximum absolute atomic E-state index is 12.7. The maximum atomic E-state index is 12.7. The maximum Gasteiger partial charge on any atom is 0.339 e. The van der Waals surface area contributed by atoms with Crippen molar-refractivity contribution >= 4 is 17.6 Å². The zero-order chi connectivity index (χ0) is 21.0. The van der Waals surface area contributed by atoms with E-state index >= 15 is 0 Å². The Balaban J connectivity index is 1.68. The molecule has 0 aromatic heterocycles. The van der Waals surface area contributed by atoms with Crippen LogP contribution in [0.15, 0.2) is 42.5 Å². The molecule has 0 bridgehead atoms. The molecule has 0 aliphatic carbocycles. The number of carbonyl (C=O) groups excluding carboxylic acids is 2. The fraction of sp³-hybridized carbons (Fsp3) is 0.333. The summed E-state index contributed by atoms with van der Waals surface area (Å²) < 4.78 is 10.5. The van der Waals surface area contributed by atoms with Gasteiger partial charge in [-0.2, -0.15) is 0 Å². The Hall–Kier alpha value is -3.42. The van der Waals surface area contributed by atoms with Gasteiger partial charge in [0, 0.05) is 19.2 Å². The smallest absolute Gasteiger partial charge is 0.339 e. The van der Waals surface area contributed by atoms with Crippen LogP contribution < -0.4 is 4.74 Å². The fourth-order valence-electron chi connectivity index (χ4n) is 3.28. The third kappa shape index (κ3) is 4.53. The van der Waals surface area contributed by atoms with E-state index in [4.69, 9.17) is 9.47 Å². The van der Waals surface area contributed by atoms with E-state index in [0.29, 0.717) is 13.1 Å². The standard InChI is InChI=1S/C21H22N2O6/c1-3-28-19-9-8-16(12-18(19)23(26)27)21(25)29-14(2)20(24)22-11-10-15-6-4-5-7-17(15)13-22/h4-9,12,14H,3,10-11,13H2,1-2H3/t14-/m0/s1. The molecule has 3 rings (SSSR count). The first-order valence-electron chi connectivity index (χ1n) is 9.38. The van der Waals surface area contributed by atoms with Gasteiger partial charge in [-0.1, -0.05) is 24.3 Å². The first-order chi connectivity index (χ1) is 13.9. The van der Waals surface area contributed by atoms with E-state index in [0.717, 1.165) is 18.1 Å². The highest BCUT2D eigenvalue weighted by atomic mass is 16.6. The van der Waals surface area contributed by atoms with Crippen molar-refractivity contribution in [3.8, 4) is 5.75 Å². The first kappa shape index (κ1) is 20.3. The van der Waals surface area contributed by atoms with Crippen molar-refractivity contribution in [3.05, 3.63) is 69.3 Å². The molecule has 1 amide bonds. The van der Waals surface area contributed by atoms with E-state index in [1.54, 1.807) is 11.8 Å². The molecule has 0 saturated heterocycles. The lowest BCUT2D eigenvalue weighted by Gasteiger charge is -2.30.